The Balaban J connectivity index is 1.49. The van der Waals surface area contributed by atoms with Gasteiger partial charge in [-0.1, -0.05) is 33.1 Å². The lowest BCUT2D eigenvalue weighted by molar-refractivity contribution is -0.135. The first kappa shape index (κ1) is 22.2. The Hall–Kier alpha value is -1.14. The minimum Gasteiger partial charge on any atom is -0.330 e. The minimum atomic E-state index is 0.289. The second-order valence-electron chi connectivity index (χ2n) is 8.02. The Morgan fingerprint density at radius 3 is 1.44 bits per heavy atom. The molecule has 6 nitrogen and oxygen atoms in total. The summed E-state index contributed by atoms with van der Waals surface area (Å²) in [5, 5.41) is 0. The Morgan fingerprint density at radius 1 is 0.630 bits per heavy atom. The van der Waals surface area contributed by atoms with Crippen LogP contribution in [0.1, 0.15) is 71.6 Å². The van der Waals surface area contributed by atoms with Crippen molar-refractivity contribution in [2.75, 3.05) is 52.6 Å². The van der Waals surface area contributed by atoms with Gasteiger partial charge in [0.1, 0.15) is 0 Å². The number of hydrogen-bond acceptors (Lipinski definition) is 4. The summed E-state index contributed by atoms with van der Waals surface area (Å²) >= 11 is 0. The molecule has 0 aromatic carbocycles. The van der Waals surface area contributed by atoms with Crippen LogP contribution in [0.4, 0.5) is 0 Å². The molecule has 2 heterocycles. The first-order valence-corrected chi connectivity index (χ1v) is 11.1. The average molecular weight is 381 g/mol. The fourth-order valence-corrected chi connectivity index (χ4v) is 4.16. The normalized spacial score (nSPS) is 19.5. The number of carbonyl (C=O) groups is 2. The highest BCUT2D eigenvalue weighted by Crippen LogP contribution is 2.12. The van der Waals surface area contributed by atoms with E-state index in [2.05, 4.69) is 9.80 Å². The van der Waals surface area contributed by atoms with Gasteiger partial charge >= 0.3 is 0 Å². The van der Waals surface area contributed by atoms with Gasteiger partial charge in [0, 0.05) is 39.0 Å². The Morgan fingerprint density at radius 2 is 1.04 bits per heavy atom. The zero-order valence-corrected chi connectivity index (χ0v) is 17.6. The quantitative estimate of drug-likeness (QED) is 0.547. The van der Waals surface area contributed by atoms with Gasteiger partial charge in [-0.2, -0.15) is 0 Å². The summed E-state index contributed by atoms with van der Waals surface area (Å²) in [6.45, 7) is 11.9. The number of hydrogen-bond donors (Lipinski definition) is 0. The molecule has 2 amide bonds. The molecule has 0 aromatic heterocycles. The molecule has 0 aromatic rings. The van der Waals surface area contributed by atoms with Gasteiger partial charge in [-0.3, -0.25) is 19.4 Å². The lowest BCUT2D eigenvalue weighted by atomic mass is 10.1. The number of carbonyl (C=O) groups excluding carboxylic acids is 2. The molecule has 0 atom stereocenters. The van der Waals surface area contributed by atoms with Crippen LogP contribution in [0.5, 0.6) is 0 Å². The van der Waals surface area contributed by atoms with Crippen molar-refractivity contribution in [3.8, 4) is 0 Å². The predicted octanol–water partition coefficient (Wildman–Crippen LogP) is 2.74. The third-order valence-corrected chi connectivity index (χ3v) is 5.81. The molecular weight excluding hydrogens is 340 g/mol. The molecule has 2 rings (SSSR count). The zero-order valence-electron chi connectivity index (χ0n) is 17.6. The van der Waals surface area contributed by atoms with Crippen LogP contribution in [0.3, 0.4) is 0 Å². The smallest absolute Gasteiger partial charge is 0.223 e. The van der Waals surface area contributed by atoms with E-state index in [0.29, 0.717) is 12.8 Å². The van der Waals surface area contributed by atoms with E-state index >= 15 is 0 Å². The summed E-state index contributed by atoms with van der Waals surface area (Å²) in [5.41, 5.74) is 0. The Labute approximate surface area is 165 Å². The molecule has 2 aliphatic heterocycles. The minimum absolute atomic E-state index is 0.289. The van der Waals surface area contributed by atoms with Gasteiger partial charge in [-0.15, -0.1) is 0 Å². The van der Waals surface area contributed by atoms with Crippen LogP contribution in [0.15, 0.2) is 0 Å². The SMILES string of the molecule is CCC(=O)N1CCCN(CCCCCCCN2CCCN(C(=O)CC)C2)C1. The largest absolute Gasteiger partial charge is 0.330 e. The topological polar surface area (TPSA) is 47.1 Å². The van der Waals surface area contributed by atoms with E-state index in [1.807, 2.05) is 23.6 Å². The lowest BCUT2D eigenvalue weighted by Crippen LogP contribution is -2.47. The standard InChI is InChI=1S/C21H40N4O2/c1-3-20(26)24-16-10-14-22(18-24)12-8-6-5-7-9-13-23-15-11-17-25(19-23)21(27)4-2/h3-19H2,1-2H3. The first-order chi connectivity index (χ1) is 13.1. The van der Waals surface area contributed by atoms with Crippen molar-refractivity contribution < 1.29 is 9.59 Å². The summed E-state index contributed by atoms with van der Waals surface area (Å²) in [6.07, 6.45) is 9.77. The van der Waals surface area contributed by atoms with E-state index in [9.17, 15) is 9.59 Å². The van der Waals surface area contributed by atoms with Crippen LogP contribution in [0.25, 0.3) is 0 Å². The van der Waals surface area contributed by atoms with Crippen LogP contribution in [-0.4, -0.2) is 84.0 Å². The van der Waals surface area contributed by atoms with Crippen LogP contribution in [-0.2, 0) is 9.59 Å². The maximum Gasteiger partial charge on any atom is 0.223 e. The van der Waals surface area contributed by atoms with Crippen LogP contribution in [0.2, 0.25) is 0 Å². The number of unbranched alkanes of at least 4 members (excludes halogenated alkanes) is 4. The zero-order chi connectivity index (χ0) is 19.5. The van der Waals surface area contributed by atoms with E-state index in [-0.39, 0.29) is 11.8 Å². The van der Waals surface area contributed by atoms with Crippen molar-refractivity contribution in [2.24, 2.45) is 0 Å². The summed E-state index contributed by atoms with van der Waals surface area (Å²) in [6, 6.07) is 0. The molecule has 0 bridgehead atoms. The van der Waals surface area contributed by atoms with Crippen molar-refractivity contribution in [3.05, 3.63) is 0 Å². The second-order valence-corrected chi connectivity index (χ2v) is 8.02. The molecule has 0 radical (unpaired) electrons. The average Bonchev–Trinajstić information content (AvgIpc) is 2.72. The molecule has 2 saturated heterocycles. The van der Waals surface area contributed by atoms with Crippen LogP contribution in [0, 0.1) is 0 Å². The van der Waals surface area contributed by atoms with Gasteiger partial charge in [0.2, 0.25) is 11.8 Å². The van der Waals surface area contributed by atoms with Crippen LogP contribution >= 0.6 is 0 Å². The molecule has 0 unspecified atom stereocenters. The van der Waals surface area contributed by atoms with Gasteiger partial charge in [0.25, 0.3) is 0 Å². The third kappa shape index (κ3) is 7.78. The van der Waals surface area contributed by atoms with Crippen molar-refractivity contribution in [1.82, 2.24) is 19.6 Å². The molecule has 0 aliphatic carbocycles. The maximum atomic E-state index is 11.8. The monoisotopic (exact) mass is 380 g/mol. The highest BCUT2D eigenvalue weighted by molar-refractivity contribution is 5.76. The van der Waals surface area contributed by atoms with E-state index in [1.54, 1.807) is 0 Å². The van der Waals surface area contributed by atoms with Crippen molar-refractivity contribution >= 4 is 11.8 Å². The van der Waals surface area contributed by atoms with E-state index in [1.165, 1.54) is 32.1 Å². The lowest BCUT2D eigenvalue weighted by Gasteiger charge is -2.35. The van der Waals surface area contributed by atoms with Gasteiger partial charge in [0.15, 0.2) is 0 Å². The first-order valence-electron chi connectivity index (χ1n) is 11.1. The second kappa shape index (κ2) is 12.3. The van der Waals surface area contributed by atoms with E-state index in [4.69, 9.17) is 0 Å². The van der Waals surface area contributed by atoms with Crippen molar-refractivity contribution in [2.45, 2.75) is 71.6 Å². The number of amides is 2. The van der Waals surface area contributed by atoms with E-state index in [0.717, 1.165) is 65.4 Å². The molecule has 0 N–H and O–H groups in total. The molecule has 156 valence electrons. The maximum absolute atomic E-state index is 11.8. The fourth-order valence-electron chi connectivity index (χ4n) is 4.16. The van der Waals surface area contributed by atoms with Gasteiger partial charge in [-0.05, 0) is 38.8 Å². The molecule has 27 heavy (non-hydrogen) atoms. The molecule has 0 saturated carbocycles. The Kier molecular flexibility index (Phi) is 10.1. The molecule has 6 heteroatoms. The molecule has 2 aliphatic rings. The summed E-state index contributed by atoms with van der Waals surface area (Å²) in [5.74, 6) is 0.577. The van der Waals surface area contributed by atoms with Crippen molar-refractivity contribution in [3.63, 3.8) is 0 Å². The highest BCUT2D eigenvalue weighted by atomic mass is 16.2. The predicted molar refractivity (Wildman–Crippen MR) is 109 cm³/mol. The fraction of sp³-hybridized carbons (Fsp3) is 0.905. The number of rotatable bonds is 10. The molecule has 2 fully saturated rings. The molecular formula is C21H40N4O2. The summed E-state index contributed by atoms with van der Waals surface area (Å²) in [7, 11) is 0. The van der Waals surface area contributed by atoms with E-state index < -0.39 is 0 Å². The van der Waals surface area contributed by atoms with Crippen LogP contribution < -0.4 is 0 Å². The molecule has 0 spiro atoms. The summed E-state index contributed by atoms with van der Waals surface area (Å²) in [4.78, 5) is 32.6. The van der Waals surface area contributed by atoms with Crippen molar-refractivity contribution in [1.29, 1.82) is 0 Å². The van der Waals surface area contributed by atoms with Gasteiger partial charge < -0.3 is 9.80 Å². The third-order valence-electron chi connectivity index (χ3n) is 5.81. The van der Waals surface area contributed by atoms with Gasteiger partial charge in [0.05, 0.1) is 13.3 Å². The highest BCUT2D eigenvalue weighted by Gasteiger charge is 2.21. The number of nitrogens with zero attached hydrogens (tertiary/aromatic N) is 4. The Bertz CT molecular complexity index is 417. The summed E-state index contributed by atoms with van der Waals surface area (Å²) < 4.78 is 0. The van der Waals surface area contributed by atoms with Gasteiger partial charge in [-0.25, -0.2) is 0 Å².